The van der Waals surface area contributed by atoms with Crippen LogP contribution in [0.25, 0.3) is 0 Å². The van der Waals surface area contributed by atoms with Crippen molar-refractivity contribution in [3.63, 3.8) is 0 Å². The van der Waals surface area contributed by atoms with Crippen LogP contribution in [-0.4, -0.2) is 26.4 Å². The first kappa shape index (κ1) is 13.2. The van der Waals surface area contributed by atoms with Crippen LogP contribution in [0, 0.1) is 0 Å². The predicted molar refractivity (Wildman–Crippen MR) is 70.1 cm³/mol. The minimum absolute atomic E-state index is 0.00837. The Hall–Kier alpha value is -1.26. The van der Waals surface area contributed by atoms with Gasteiger partial charge < -0.3 is 19.9 Å². The quantitative estimate of drug-likeness (QED) is 0.892. The molecule has 0 radical (unpaired) electrons. The van der Waals surface area contributed by atoms with Gasteiger partial charge in [-0.1, -0.05) is 6.07 Å². The zero-order valence-electron chi connectivity index (χ0n) is 11.0. The number of nitrogens with two attached hydrogens (primary N) is 1. The van der Waals surface area contributed by atoms with Crippen molar-refractivity contribution in [2.45, 2.75) is 31.9 Å². The van der Waals surface area contributed by atoms with E-state index < -0.39 is 0 Å². The normalized spacial score (nSPS) is 21.4. The van der Waals surface area contributed by atoms with Gasteiger partial charge in [0.1, 0.15) is 6.10 Å². The lowest BCUT2D eigenvalue weighted by atomic mass is 10.1. The molecule has 0 aliphatic carbocycles. The number of benzene rings is 1. The van der Waals surface area contributed by atoms with Crippen LogP contribution in [0.1, 0.15) is 31.4 Å². The van der Waals surface area contributed by atoms with Crippen LogP contribution in [0.2, 0.25) is 0 Å². The van der Waals surface area contributed by atoms with Crippen molar-refractivity contribution in [1.82, 2.24) is 0 Å². The number of ether oxygens (including phenoxy) is 3. The van der Waals surface area contributed by atoms with E-state index in [2.05, 4.69) is 0 Å². The molecule has 2 atom stereocenters. The molecule has 4 heteroatoms. The molecule has 1 saturated heterocycles. The van der Waals surface area contributed by atoms with Crippen LogP contribution in [0.3, 0.4) is 0 Å². The average Bonchev–Trinajstić information content (AvgIpc) is 2.40. The average molecular weight is 251 g/mol. The summed E-state index contributed by atoms with van der Waals surface area (Å²) in [5.41, 5.74) is 6.90. The molecule has 0 bridgehead atoms. The maximum absolute atomic E-state index is 5.92. The van der Waals surface area contributed by atoms with Crippen LogP contribution in [0.4, 0.5) is 0 Å². The lowest BCUT2D eigenvalue weighted by Gasteiger charge is -2.24. The van der Waals surface area contributed by atoms with E-state index in [4.69, 9.17) is 19.9 Å². The van der Waals surface area contributed by atoms with E-state index in [0.29, 0.717) is 6.61 Å². The van der Waals surface area contributed by atoms with Gasteiger partial charge in [-0.15, -0.1) is 0 Å². The molecule has 100 valence electrons. The largest absolute Gasteiger partial charge is 0.493 e. The molecule has 1 aromatic carbocycles. The van der Waals surface area contributed by atoms with E-state index in [1.165, 1.54) is 0 Å². The Balaban J connectivity index is 2.11. The van der Waals surface area contributed by atoms with Crippen LogP contribution >= 0.6 is 0 Å². The highest BCUT2D eigenvalue weighted by Crippen LogP contribution is 2.31. The molecule has 1 heterocycles. The Bertz CT molecular complexity index is 387. The molecule has 18 heavy (non-hydrogen) atoms. The number of methoxy groups -OCH3 is 1. The molecule has 1 aromatic rings. The van der Waals surface area contributed by atoms with Gasteiger partial charge >= 0.3 is 0 Å². The Morgan fingerprint density at radius 1 is 1.39 bits per heavy atom. The molecule has 0 amide bonds. The van der Waals surface area contributed by atoms with Crippen LogP contribution in [-0.2, 0) is 4.74 Å². The smallest absolute Gasteiger partial charge is 0.161 e. The van der Waals surface area contributed by atoms with Gasteiger partial charge in [-0.05, 0) is 37.5 Å². The summed E-state index contributed by atoms with van der Waals surface area (Å²) in [7, 11) is 1.64. The Morgan fingerprint density at radius 3 is 2.83 bits per heavy atom. The molecule has 1 aliphatic heterocycles. The van der Waals surface area contributed by atoms with E-state index in [1.807, 2.05) is 25.1 Å². The molecular weight excluding hydrogens is 230 g/mol. The SMILES string of the molecule is COc1cc([C@H](C)N)ccc1OC1CCCOC1. The Morgan fingerprint density at radius 2 is 2.22 bits per heavy atom. The number of hydrogen-bond donors (Lipinski definition) is 1. The second-order valence-electron chi connectivity index (χ2n) is 4.66. The van der Waals surface area contributed by atoms with Crippen molar-refractivity contribution >= 4 is 0 Å². The van der Waals surface area contributed by atoms with Crippen molar-refractivity contribution in [3.8, 4) is 11.5 Å². The van der Waals surface area contributed by atoms with Crippen LogP contribution in [0.5, 0.6) is 11.5 Å². The summed E-state index contributed by atoms with van der Waals surface area (Å²) in [4.78, 5) is 0. The van der Waals surface area contributed by atoms with Gasteiger partial charge in [0.25, 0.3) is 0 Å². The maximum atomic E-state index is 5.92. The lowest BCUT2D eigenvalue weighted by Crippen LogP contribution is -2.28. The monoisotopic (exact) mass is 251 g/mol. The topological polar surface area (TPSA) is 53.7 Å². The van der Waals surface area contributed by atoms with Crippen molar-refractivity contribution in [1.29, 1.82) is 0 Å². The molecule has 0 aromatic heterocycles. The summed E-state index contributed by atoms with van der Waals surface area (Å²) in [6.07, 6.45) is 2.19. The van der Waals surface area contributed by atoms with Gasteiger partial charge in [0, 0.05) is 12.6 Å². The third kappa shape index (κ3) is 3.15. The van der Waals surface area contributed by atoms with Crippen LogP contribution < -0.4 is 15.2 Å². The van der Waals surface area contributed by atoms with Crippen LogP contribution in [0.15, 0.2) is 18.2 Å². The first-order valence-corrected chi connectivity index (χ1v) is 6.38. The zero-order valence-corrected chi connectivity index (χ0v) is 11.0. The highest BCUT2D eigenvalue weighted by molar-refractivity contribution is 5.43. The molecule has 2 rings (SSSR count). The fourth-order valence-electron chi connectivity index (χ4n) is 2.05. The van der Waals surface area contributed by atoms with E-state index in [9.17, 15) is 0 Å². The third-order valence-corrected chi connectivity index (χ3v) is 3.13. The number of hydrogen-bond acceptors (Lipinski definition) is 4. The summed E-state index contributed by atoms with van der Waals surface area (Å²) in [5, 5.41) is 0. The first-order valence-electron chi connectivity index (χ1n) is 6.38. The minimum Gasteiger partial charge on any atom is -0.493 e. The standard InChI is InChI=1S/C14H21NO3/c1-10(15)11-5-6-13(14(8-11)16-2)18-12-4-3-7-17-9-12/h5-6,8,10,12H,3-4,7,9,15H2,1-2H3/t10-,12?/m0/s1. The molecule has 1 aliphatic rings. The predicted octanol–water partition coefficient (Wildman–Crippen LogP) is 2.27. The first-order chi connectivity index (χ1) is 8.70. The minimum atomic E-state index is -0.00837. The lowest BCUT2D eigenvalue weighted by molar-refractivity contribution is 0.00643. The summed E-state index contributed by atoms with van der Waals surface area (Å²) in [6, 6.07) is 5.83. The highest BCUT2D eigenvalue weighted by atomic mass is 16.5. The summed E-state index contributed by atoms with van der Waals surface area (Å²) in [6.45, 7) is 3.43. The Kier molecular flexibility index (Phi) is 4.44. The fourth-order valence-corrected chi connectivity index (χ4v) is 2.05. The molecular formula is C14H21NO3. The second-order valence-corrected chi connectivity index (χ2v) is 4.66. The van der Waals surface area contributed by atoms with E-state index in [0.717, 1.165) is 36.5 Å². The molecule has 2 N–H and O–H groups in total. The molecule has 1 fully saturated rings. The fraction of sp³-hybridized carbons (Fsp3) is 0.571. The maximum Gasteiger partial charge on any atom is 0.161 e. The van der Waals surface area contributed by atoms with Crippen molar-refractivity contribution in [2.75, 3.05) is 20.3 Å². The Labute approximate surface area is 108 Å². The summed E-state index contributed by atoms with van der Waals surface area (Å²) < 4.78 is 16.7. The van der Waals surface area contributed by atoms with Gasteiger partial charge in [0.05, 0.1) is 13.7 Å². The highest BCUT2D eigenvalue weighted by Gasteiger charge is 2.17. The molecule has 4 nitrogen and oxygen atoms in total. The van der Waals surface area contributed by atoms with Gasteiger partial charge in [0.2, 0.25) is 0 Å². The van der Waals surface area contributed by atoms with Crippen molar-refractivity contribution in [3.05, 3.63) is 23.8 Å². The molecule has 0 spiro atoms. The van der Waals surface area contributed by atoms with Crippen molar-refractivity contribution in [2.24, 2.45) is 5.73 Å². The summed E-state index contributed by atoms with van der Waals surface area (Å²) in [5.74, 6) is 1.49. The second kappa shape index (κ2) is 6.07. The van der Waals surface area contributed by atoms with E-state index in [-0.39, 0.29) is 12.1 Å². The van der Waals surface area contributed by atoms with Gasteiger partial charge in [-0.3, -0.25) is 0 Å². The third-order valence-electron chi connectivity index (χ3n) is 3.13. The zero-order chi connectivity index (χ0) is 13.0. The van der Waals surface area contributed by atoms with Gasteiger partial charge in [-0.2, -0.15) is 0 Å². The van der Waals surface area contributed by atoms with Gasteiger partial charge in [0.15, 0.2) is 11.5 Å². The summed E-state index contributed by atoms with van der Waals surface area (Å²) >= 11 is 0. The molecule has 1 unspecified atom stereocenters. The number of rotatable bonds is 4. The van der Waals surface area contributed by atoms with E-state index in [1.54, 1.807) is 7.11 Å². The van der Waals surface area contributed by atoms with E-state index >= 15 is 0 Å². The van der Waals surface area contributed by atoms with Gasteiger partial charge in [-0.25, -0.2) is 0 Å². The van der Waals surface area contributed by atoms with Crippen molar-refractivity contribution < 1.29 is 14.2 Å². The molecule has 0 saturated carbocycles.